The van der Waals surface area contributed by atoms with Gasteiger partial charge in [-0.25, -0.2) is 9.37 Å². The summed E-state index contributed by atoms with van der Waals surface area (Å²) in [5, 5.41) is 9.43. The summed E-state index contributed by atoms with van der Waals surface area (Å²) in [5.74, 6) is 1.44. The van der Waals surface area contributed by atoms with Crippen LogP contribution in [-0.4, -0.2) is 25.4 Å². The minimum atomic E-state index is -0.511. The second-order valence-electron chi connectivity index (χ2n) is 6.13. The number of hydrogen-bond donors (Lipinski definition) is 0. The van der Waals surface area contributed by atoms with Crippen molar-refractivity contribution in [3.05, 3.63) is 66.7 Å². The number of nitrogens with zero attached hydrogens (tertiary/aromatic N) is 3. The highest BCUT2D eigenvalue weighted by atomic mass is 32.1. The molecule has 0 bridgehead atoms. The molecule has 0 saturated carbocycles. The summed E-state index contributed by atoms with van der Waals surface area (Å²) in [4.78, 5) is 4.68. The Hall–Kier alpha value is -3.32. The van der Waals surface area contributed by atoms with Crippen molar-refractivity contribution in [2.75, 3.05) is 20.4 Å². The lowest BCUT2D eigenvalue weighted by Gasteiger charge is -2.02. The molecule has 0 spiro atoms. The molecule has 0 amide bonds. The van der Waals surface area contributed by atoms with E-state index in [9.17, 15) is 4.39 Å². The normalized spacial score (nSPS) is 11.2. The maximum Gasteiger partial charge on any atom is 0.124 e. The second-order valence-corrected chi connectivity index (χ2v) is 7.16. The van der Waals surface area contributed by atoms with Crippen molar-refractivity contribution in [3.63, 3.8) is 0 Å². The number of thiazole rings is 1. The van der Waals surface area contributed by atoms with Gasteiger partial charge in [0, 0.05) is 5.56 Å². The van der Waals surface area contributed by atoms with E-state index in [1.165, 1.54) is 0 Å². The van der Waals surface area contributed by atoms with Gasteiger partial charge in [-0.05, 0) is 66.7 Å². The zero-order valence-electron chi connectivity index (χ0n) is 15.7. The van der Waals surface area contributed by atoms with Crippen molar-refractivity contribution in [1.29, 1.82) is 0 Å². The Labute approximate surface area is 171 Å². The third-order valence-corrected chi connectivity index (χ3v) is 5.24. The van der Waals surface area contributed by atoms with Crippen LogP contribution in [0.25, 0.3) is 20.8 Å². The van der Waals surface area contributed by atoms with E-state index in [0.717, 1.165) is 32.2 Å². The van der Waals surface area contributed by atoms with Gasteiger partial charge in [-0.1, -0.05) is 0 Å². The van der Waals surface area contributed by atoms with Crippen LogP contribution in [-0.2, 0) is 0 Å². The van der Waals surface area contributed by atoms with Crippen LogP contribution in [0.3, 0.4) is 0 Å². The monoisotopic (exact) mass is 407 g/mol. The number of benzene rings is 3. The maximum absolute atomic E-state index is 12.1. The highest BCUT2D eigenvalue weighted by Crippen LogP contribution is 2.33. The van der Waals surface area contributed by atoms with Crippen molar-refractivity contribution in [1.82, 2.24) is 4.98 Å². The van der Waals surface area contributed by atoms with Crippen LogP contribution in [0.2, 0.25) is 0 Å². The van der Waals surface area contributed by atoms with E-state index in [-0.39, 0.29) is 6.61 Å². The quantitative estimate of drug-likeness (QED) is 0.319. The van der Waals surface area contributed by atoms with Crippen molar-refractivity contribution < 1.29 is 13.9 Å². The fraction of sp³-hybridized carbons (Fsp3) is 0.136. The van der Waals surface area contributed by atoms with E-state index in [0.29, 0.717) is 11.4 Å². The Balaban J connectivity index is 1.47. The van der Waals surface area contributed by atoms with Crippen LogP contribution in [0.4, 0.5) is 15.8 Å². The summed E-state index contributed by atoms with van der Waals surface area (Å²) in [6.07, 6.45) is 0. The van der Waals surface area contributed by atoms with Gasteiger partial charge >= 0.3 is 0 Å². The third kappa shape index (κ3) is 4.57. The second kappa shape index (κ2) is 8.79. The first kappa shape index (κ1) is 19.0. The maximum atomic E-state index is 12.1. The Kier molecular flexibility index (Phi) is 5.76. The molecule has 0 radical (unpaired) electrons. The molecule has 146 valence electrons. The molecular formula is C22H18FN3O2S. The van der Waals surface area contributed by atoms with Gasteiger partial charge in [-0.3, -0.25) is 0 Å². The predicted octanol–water partition coefficient (Wildman–Crippen LogP) is 6.74. The third-order valence-electron chi connectivity index (χ3n) is 4.17. The van der Waals surface area contributed by atoms with Gasteiger partial charge < -0.3 is 9.47 Å². The average Bonchev–Trinajstić information content (AvgIpc) is 3.20. The number of halogens is 1. The van der Waals surface area contributed by atoms with Gasteiger partial charge in [0.15, 0.2) is 0 Å². The summed E-state index contributed by atoms with van der Waals surface area (Å²) < 4.78 is 23.7. The molecule has 0 aliphatic heterocycles. The topological polar surface area (TPSA) is 56.1 Å². The molecule has 0 aliphatic carbocycles. The molecule has 0 N–H and O–H groups in total. The summed E-state index contributed by atoms with van der Waals surface area (Å²) in [7, 11) is 1.66. The fourth-order valence-electron chi connectivity index (χ4n) is 2.71. The first-order valence-electron chi connectivity index (χ1n) is 9.01. The van der Waals surface area contributed by atoms with Gasteiger partial charge in [0.2, 0.25) is 0 Å². The van der Waals surface area contributed by atoms with Crippen LogP contribution in [0.5, 0.6) is 11.5 Å². The van der Waals surface area contributed by atoms with E-state index in [4.69, 9.17) is 9.47 Å². The van der Waals surface area contributed by atoms with Crippen LogP contribution in [0.1, 0.15) is 0 Å². The number of alkyl halides is 1. The standard InChI is InChI=1S/C22H18FN3O2S/c1-27-19-10-11-20-21(14-19)29-22(24-20)15-2-4-16(5-3-15)25-26-17-6-8-18(9-7-17)28-13-12-23/h2-11,14H,12-13H2,1H3/b26-25+. The van der Waals surface area contributed by atoms with Crippen molar-refractivity contribution in [2.24, 2.45) is 10.2 Å². The van der Waals surface area contributed by atoms with Crippen molar-refractivity contribution in [2.45, 2.75) is 0 Å². The molecule has 0 unspecified atom stereocenters. The van der Waals surface area contributed by atoms with Gasteiger partial charge in [-0.2, -0.15) is 10.2 Å². The lowest BCUT2D eigenvalue weighted by Crippen LogP contribution is -1.97. The van der Waals surface area contributed by atoms with E-state index >= 15 is 0 Å². The molecule has 0 fully saturated rings. The minimum Gasteiger partial charge on any atom is -0.497 e. The molecule has 4 rings (SSSR count). The van der Waals surface area contributed by atoms with Gasteiger partial charge in [-0.15, -0.1) is 11.3 Å². The highest BCUT2D eigenvalue weighted by molar-refractivity contribution is 7.21. The van der Waals surface area contributed by atoms with Crippen LogP contribution < -0.4 is 9.47 Å². The van der Waals surface area contributed by atoms with Crippen molar-refractivity contribution >= 4 is 32.9 Å². The molecule has 0 saturated heterocycles. The fourth-order valence-corrected chi connectivity index (χ4v) is 3.71. The number of hydrogen-bond acceptors (Lipinski definition) is 6. The number of methoxy groups -OCH3 is 1. The number of ether oxygens (including phenoxy) is 2. The molecule has 0 aliphatic rings. The van der Waals surface area contributed by atoms with E-state index in [1.54, 1.807) is 42.7 Å². The van der Waals surface area contributed by atoms with Gasteiger partial charge in [0.25, 0.3) is 0 Å². The molecule has 4 aromatic rings. The van der Waals surface area contributed by atoms with E-state index in [2.05, 4.69) is 15.2 Å². The van der Waals surface area contributed by atoms with Crippen LogP contribution in [0.15, 0.2) is 77.0 Å². The summed E-state index contributed by atoms with van der Waals surface area (Å²) in [5.41, 5.74) is 3.42. The molecule has 0 atom stereocenters. The molecule has 1 heterocycles. The molecule has 29 heavy (non-hydrogen) atoms. The molecule has 7 heteroatoms. The van der Waals surface area contributed by atoms with Gasteiger partial charge in [0.05, 0.1) is 28.7 Å². The number of rotatable bonds is 7. The van der Waals surface area contributed by atoms with Crippen molar-refractivity contribution in [3.8, 4) is 22.1 Å². The van der Waals surface area contributed by atoms with E-state index in [1.807, 2.05) is 42.5 Å². The molecule has 3 aromatic carbocycles. The molecule has 1 aromatic heterocycles. The average molecular weight is 407 g/mol. The summed E-state index contributed by atoms with van der Waals surface area (Å²) in [6.45, 7) is -0.460. The summed E-state index contributed by atoms with van der Waals surface area (Å²) >= 11 is 1.62. The van der Waals surface area contributed by atoms with E-state index < -0.39 is 6.67 Å². The Bertz CT molecular complexity index is 1130. The molecule has 5 nitrogen and oxygen atoms in total. The minimum absolute atomic E-state index is 0.0510. The lowest BCUT2D eigenvalue weighted by molar-refractivity contribution is 0.273. The van der Waals surface area contributed by atoms with Crippen LogP contribution >= 0.6 is 11.3 Å². The zero-order valence-corrected chi connectivity index (χ0v) is 16.5. The predicted molar refractivity (Wildman–Crippen MR) is 114 cm³/mol. The first-order valence-corrected chi connectivity index (χ1v) is 9.82. The first-order chi connectivity index (χ1) is 14.2. The smallest absolute Gasteiger partial charge is 0.124 e. The van der Waals surface area contributed by atoms with Crippen LogP contribution in [0, 0.1) is 0 Å². The SMILES string of the molecule is COc1ccc2nc(-c3ccc(/N=N/c4ccc(OCCF)cc4)cc3)sc2c1. The Morgan fingerprint density at radius 2 is 1.55 bits per heavy atom. The van der Waals surface area contributed by atoms with Gasteiger partial charge in [0.1, 0.15) is 29.8 Å². The lowest BCUT2D eigenvalue weighted by atomic mass is 10.2. The molecular weight excluding hydrogens is 389 g/mol. The number of azo groups is 1. The number of aromatic nitrogens is 1. The summed E-state index contributed by atoms with van der Waals surface area (Å²) in [6, 6.07) is 20.7. The zero-order chi connectivity index (χ0) is 20.1. The highest BCUT2D eigenvalue weighted by Gasteiger charge is 2.07. The Morgan fingerprint density at radius 1 is 0.897 bits per heavy atom. The largest absolute Gasteiger partial charge is 0.497 e. The number of fused-ring (bicyclic) bond motifs is 1. The Morgan fingerprint density at radius 3 is 2.21 bits per heavy atom.